The fourth-order valence-electron chi connectivity index (χ4n) is 13.3. The molecule has 11 aromatic rings. The third-order valence-electron chi connectivity index (χ3n) is 16.8. The molecular weight excluding hydrogens is 857 g/mol. The summed E-state index contributed by atoms with van der Waals surface area (Å²) in [5.74, 6) is 0. The van der Waals surface area contributed by atoms with Gasteiger partial charge in [-0.15, -0.1) is 0 Å². The fraction of sp³-hybridized carbons (Fsp3) is 0.130. The normalized spacial score (nSPS) is 15.5. The summed E-state index contributed by atoms with van der Waals surface area (Å²) in [7, 11) is 0. The lowest BCUT2D eigenvalue weighted by Crippen LogP contribution is -2.30. The van der Waals surface area contributed by atoms with Crippen LogP contribution in [0.1, 0.15) is 74.9 Å². The summed E-state index contributed by atoms with van der Waals surface area (Å²) in [4.78, 5) is 5.03. The highest BCUT2D eigenvalue weighted by Gasteiger charge is 2.40. The van der Waals surface area contributed by atoms with E-state index < -0.39 is 0 Å². The van der Waals surface area contributed by atoms with Crippen LogP contribution in [0.15, 0.2) is 218 Å². The van der Waals surface area contributed by atoms with Crippen molar-refractivity contribution in [3.05, 3.63) is 252 Å². The van der Waals surface area contributed by atoms with E-state index in [2.05, 4.69) is 270 Å². The van der Waals surface area contributed by atoms with Crippen molar-refractivity contribution in [1.82, 2.24) is 0 Å². The summed E-state index contributed by atoms with van der Waals surface area (Å²) in [6.45, 7) is 14.3. The largest absolute Gasteiger partial charge is 0.310 e. The second-order valence-electron chi connectivity index (χ2n) is 21.7. The maximum absolute atomic E-state index is 2.52. The van der Waals surface area contributed by atoms with E-state index in [1.807, 2.05) is 0 Å². The number of nitrogens with zero attached hydrogens (tertiary/aromatic N) is 2. The summed E-state index contributed by atoms with van der Waals surface area (Å²) in [5.41, 5.74) is 22.4. The Kier molecular flexibility index (Phi) is 8.76. The summed E-state index contributed by atoms with van der Waals surface area (Å²) < 4.78 is 0. The predicted molar refractivity (Wildman–Crippen MR) is 301 cm³/mol. The molecule has 0 bridgehead atoms. The van der Waals surface area contributed by atoms with Gasteiger partial charge in [-0.25, -0.2) is 0 Å². The lowest BCUT2D eigenvalue weighted by Gasteiger charge is -2.42. The van der Waals surface area contributed by atoms with Gasteiger partial charge in [0.1, 0.15) is 0 Å². The number of hydrogen-bond donors (Lipinski definition) is 0. The minimum atomic E-state index is -0.168. The highest BCUT2D eigenvalue weighted by Crippen LogP contribution is 2.58. The van der Waals surface area contributed by atoms with Gasteiger partial charge in [-0.05, 0) is 154 Å². The van der Waals surface area contributed by atoms with Crippen LogP contribution in [0, 0.1) is 0 Å². The highest BCUT2D eigenvalue weighted by molar-refractivity contribution is 6.24. The van der Waals surface area contributed by atoms with E-state index in [1.165, 1.54) is 122 Å². The van der Waals surface area contributed by atoms with E-state index in [1.54, 1.807) is 0 Å². The molecule has 0 saturated heterocycles. The van der Waals surface area contributed by atoms with Gasteiger partial charge in [0, 0.05) is 27.6 Å². The molecule has 0 saturated carbocycles. The van der Waals surface area contributed by atoms with Crippen LogP contribution in [0.2, 0.25) is 0 Å². The van der Waals surface area contributed by atoms with Crippen molar-refractivity contribution in [3.8, 4) is 33.4 Å². The van der Waals surface area contributed by atoms with Gasteiger partial charge in [0.25, 0.3) is 0 Å². The van der Waals surface area contributed by atoms with Gasteiger partial charge in [0.15, 0.2) is 0 Å². The van der Waals surface area contributed by atoms with Crippen LogP contribution in [0.4, 0.5) is 34.1 Å². The van der Waals surface area contributed by atoms with Crippen LogP contribution in [-0.4, -0.2) is 0 Å². The van der Waals surface area contributed by atoms with Crippen molar-refractivity contribution < 1.29 is 0 Å². The molecule has 71 heavy (non-hydrogen) atoms. The first kappa shape index (κ1) is 41.7. The quantitative estimate of drug-likeness (QED) is 0.162. The monoisotopic (exact) mass is 910 g/mol. The number of fused-ring (bicyclic) bond motifs is 10. The zero-order valence-corrected chi connectivity index (χ0v) is 41.2. The molecule has 0 fully saturated rings. The Morgan fingerprint density at radius 3 is 1.23 bits per heavy atom. The van der Waals surface area contributed by atoms with Crippen molar-refractivity contribution in [3.63, 3.8) is 0 Å². The van der Waals surface area contributed by atoms with Crippen molar-refractivity contribution >= 4 is 66.4 Å². The molecule has 0 unspecified atom stereocenters. The Labute approximate surface area is 417 Å². The smallest absolute Gasteiger partial charge is 0.0502 e. The van der Waals surface area contributed by atoms with Crippen LogP contribution in [0.25, 0.3) is 65.7 Å². The molecule has 0 radical (unpaired) electrons. The Morgan fingerprint density at radius 1 is 0.268 bits per heavy atom. The summed E-state index contributed by atoms with van der Waals surface area (Å²) in [6, 6.07) is 82.7. The molecule has 2 heteroatoms. The fourth-order valence-corrected chi connectivity index (χ4v) is 13.3. The first-order valence-electron chi connectivity index (χ1n) is 25.3. The molecule has 340 valence electrons. The molecule has 0 atom stereocenters. The molecule has 1 aliphatic carbocycles. The van der Waals surface area contributed by atoms with Crippen LogP contribution in [-0.2, 0) is 16.2 Å². The average Bonchev–Trinajstić information content (AvgIpc) is 3.64. The van der Waals surface area contributed by atoms with Gasteiger partial charge in [0.2, 0.25) is 0 Å². The van der Waals surface area contributed by atoms with Crippen molar-refractivity contribution in [2.75, 3.05) is 9.80 Å². The van der Waals surface area contributed by atoms with E-state index in [9.17, 15) is 0 Å². The van der Waals surface area contributed by atoms with Gasteiger partial charge in [-0.2, -0.15) is 0 Å². The molecule has 2 aliphatic heterocycles. The molecule has 0 N–H and O–H groups in total. The first-order chi connectivity index (χ1) is 34.5. The Hall–Kier alpha value is -8.20. The van der Waals surface area contributed by atoms with Gasteiger partial charge in [-0.3, -0.25) is 0 Å². The third kappa shape index (κ3) is 5.82. The molecule has 0 spiro atoms. The molecule has 3 aliphatic rings. The topological polar surface area (TPSA) is 6.48 Å². The number of hydrogen-bond acceptors (Lipinski definition) is 2. The Morgan fingerprint density at radius 2 is 0.676 bits per heavy atom. The Bertz CT molecular complexity index is 3950. The van der Waals surface area contributed by atoms with E-state index >= 15 is 0 Å². The van der Waals surface area contributed by atoms with E-state index in [-0.39, 0.29) is 16.2 Å². The molecule has 14 rings (SSSR count). The number of rotatable bonds is 4. The first-order valence-corrected chi connectivity index (χ1v) is 25.3. The van der Waals surface area contributed by atoms with Gasteiger partial charge < -0.3 is 9.80 Å². The summed E-state index contributed by atoms with van der Waals surface area (Å²) >= 11 is 0. The van der Waals surface area contributed by atoms with Crippen LogP contribution in [0.3, 0.4) is 0 Å². The van der Waals surface area contributed by atoms with Crippen LogP contribution < -0.4 is 9.80 Å². The maximum atomic E-state index is 2.52. The number of benzene rings is 11. The minimum Gasteiger partial charge on any atom is -0.310 e. The lowest BCUT2D eigenvalue weighted by atomic mass is 9.73. The van der Waals surface area contributed by atoms with Gasteiger partial charge in [-0.1, -0.05) is 205 Å². The molecule has 11 aromatic carbocycles. The zero-order valence-electron chi connectivity index (χ0n) is 41.2. The standard InChI is InChI=1S/C69H54N2/c1-67(2)54-24-10-9-22-50(54)66-51(23-19-29-59(66)67)65-49-39-37-46(70-60-30-15-11-25-55(60)68(3,4)56-26-12-16-31-61(56)70)41-52(49)64(45-35-34-43-20-7-8-21-44(43)40-45)48-38-36-47(42-53(48)65)71-62-32-17-13-27-57(62)69(5,6)58-28-14-18-33-63(58)71/h7-42H,1-6H3. The van der Waals surface area contributed by atoms with Crippen LogP contribution in [0.5, 0.6) is 0 Å². The number of anilines is 6. The molecular formula is C69H54N2. The second-order valence-corrected chi connectivity index (χ2v) is 21.7. The SMILES string of the molecule is CC1(C)c2ccccc2N(c2ccc3c(-c4cccc5c4-c4ccccc4C5(C)C)c4cc(N5c6ccccc6C(C)(C)c6ccccc65)ccc4c(-c4ccc5ccccc5c4)c3c2)c2ccccc21. The van der Waals surface area contributed by atoms with Crippen LogP contribution >= 0.6 is 0 Å². The van der Waals surface area contributed by atoms with Crippen molar-refractivity contribution in [2.45, 2.75) is 57.8 Å². The lowest BCUT2D eigenvalue weighted by molar-refractivity contribution is 0.632. The van der Waals surface area contributed by atoms with E-state index in [4.69, 9.17) is 0 Å². The van der Waals surface area contributed by atoms with Gasteiger partial charge >= 0.3 is 0 Å². The minimum absolute atomic E-state index is 0.159. The molecule has 2 nitrogen and oxygen atoms in total. The summed E-state index contributed by atoms with van der Waals surface area (Å²) in [5, 5.41) is 7.39. The number of para-hydroxylation sites is 4. The molecule has 0 aromatic heterocycles. The molecule has 2 heterocycles. The maximum Gasteiger partial charge on any atom is 0.0502 e. The third-order valence-corrected chi connectivity index (χ3v) is 16.8. The van der Waals surface area contributed by atoms with E-state index in [0.29, 0.717) is 0 Å². The summed E-state index contributed by atoms with van der Waals surface area (Å²) in [6.07, 6.45) is 0. The van der Waals surface area contributed by atoms with Crippen molar-refractivity contribution in [1.29, 1.82) is 0 Å². The second kappa shape index (κ2) is 14.9. The molecule has 0 amide bonds. The predicted octanol–water partition coefficient (Wildman–Crippen LogP) is 19.0. The van der Waals surface area contributed by atoms with E-state index in [0.717, 1.165) is 11.4 Å². The highest BCUT2D eigenvalue weighted by atomic mass is 15.2. The average molecular weight is 911 g/mol. The Balaban J connectivity index is 1.13. The van der Waals surface area contributed by atoms with Gasteiger partial charge in [0.05, 0.1) is 22.7 Å². The van der Waals surface area contributed by atoms with Crippen molar-refractivity contribution in [2.24, 2.45) is 0 Å². The zero-order chi connectivity index (χ0) is 48.0.